The minimum atomic E-state index is -0.275. The summed E-state index contributed by atoms with van der Waals surface area (Å²) in [5.41, 5.74) is 0. The summed E-state index contributed by atoms with van der Waals surface area (Å²) in [5.74, 6) is 0.377. The van der Waals surface area contributed by atoms with Gasteiger partial charge in [0, 0.05) is 6.54 Å². The highest BCUT2D eigenvalue weighted by atomic mass is 16.5. The minimum absolute atomic E-state index is 0.101. The van der Waals surface area contributed by atoms with Gasteiger partial charge in [-0.3, -0.25) is 4.79 Å². The first-order valence-corrected chi connectivity index (χ1v) is 4.78. The van der Waals surface area contributed by atoms with Crippen molar-refractivity contribution in [3.05, 3.63) is 24.3 Å². The van der Waals surface area contributed by atoms with Crippen LogP contribution < -0.4 is 10.1 Å². The van der Waals surface area contributed by atoms with Gasteiger partial charge in [-0.1, -0.05) is 0 Å². The number of rotatable bonds is 5. The number of hydrogen-bond acceptors (Lipinski definition) is 4. The van der Waals surface area contributed by atoms with Gasteiger partial charge >= 0.3 is 0 Å². The minimum Gasteiger partial charge on any atom is -0.508 e. The molecule has 0 bridgehead atoms. The predicted molar refractivity (Wildman–Crippen MR) is 56.8 cm³/mol. The molecule has 2 N–H and O–H groups in total. The quantitative estimate of drug-likeness (QED) is 0.719. The van der Waals surface area contributed by atoms with Crippen molar-refractivity contribution in [3.63, 3.8) is 0 Å². The van der Waals surface area contributed by atoms with Gasteiger partial charge in [-0.25, -0.2) is 0 Å². The molecule has 0 fully saturated rings. The molecule has 0 aliphatic carbocycles. The van der Waals surface area contributed by atoms with E-state index in [4.69, 9.17) is 15.1 Å². The van der Waals surface area contributed by atoms with Crippen molar-refractivity contribution in [2.45, 2.75) is 6.42 Å². The first-order chi connectivity index (χ1) is 7.72. The topological polar surface area (TPSA) is 82.4 Å². The van der Waals surface area contributed by atoms with Gasteiger partial charge < -0.3 is 15.2 Å². The lowest BCUT2D eigenvalue weighted by Gasteiger charge is -2.06. The number of benzene rings is 1. The van der Waals surface area contributed by atoms with Crippen LogP contribution >= 0.6 is 0 Å². The van der Waals surface area contributed by atoms with E-state index < -0.39 is 0 Å². The average molecular weight is 220 g/mol. The summed E-state index contributed by atoms with van der Waals surface area (Å²) < 4.78 is 5.15. The molecule has 0 aliphatic heterocycles. The number of hydrogen-bond donors (Lipinski definition) is 2. The Morgan fingerprint density at radius 1 is 1.44 bits per heavy atom. The molecule has 0 saturated heterocycles. The maximum atomic E-state index is 11.2. The van der Waals surface area contributed by atoms with Crippen LogP contribution in [-0.2, 0) is 4.79 Å². The molecule has 0 atom stereocenters. The van der Waals surface area contributed by atoms with Crippen molar-refractivity contribution in [2.24, 2.45) is 0 Å². The highest BCUT2D eigenvalue weighted by Gasteiger charge is 2.01. The maximum absolute atomic E-state index is 11.2. The molecule has 16 heavy (non-hydrogen) atoms. The zero-order valence-corrected chi connectivity index (χ0v) is 8.64. The van der Waals surface area contributed by atoms with Crippen LogP contribution in [-0.4, -0.2) is 24.2 Å². The number of phenolic OH excluding ortho intramolecular Hbond substituents is 1. The number of nitrogens with one attached hydrogen (secondary N) is 1. The smallest absolute Gasteiger partial charge is 0.257 e. The van der Waals surface area contributed by atoms with Crippen LogP contribution in [0, 0.1) is 11.3 Å². The molecule has 5 heteroatoms. The van der Waals surface area contributed by atoms with Crippen molar-refractivity contribution in [1.29, 1.82) is 5.26 Å². The van der Waals surface area contributed by atoms with Crippen LogP contribution in [0.5, 0.6) is 11.5 Å². The summed E-state index contributed by atoms with van der Waals surface area (Å²) in [6.07, 6.45) is 0.283. The Hall–Kier alpha value is -2.22. The third-order valence-corrected chi connectivity index (χ3v) is 1.77. The second-order valence-corrected chi connectivity index (χ2v) is 3.04. The number of phenols is 1. The lowest BCUT2D eigenvalue weighted by molar-refractivity contribution is -0.123. The largest absolute Gasteiger partial charge is 0.508 e. The summed E-state index contributed by atoms with van der Waals surface area (Å²) in [6.45, 7) is 0.227. The van der Waals surface area contributed by atoms with Gasteiger partial charge in [-0.05, 0) is 24.3 Å². The van der Waals surface area contributed by atoms with E-state index in [1.165, 1.54) is 12.1 Å². The third kappa shape index (κ3) is 4.33. The second kappa shape index (κ2) is 6.30. The van der Waals surface area contributed by atoms with Crippen LogP contribution in [0.4, 0.5) is 0 Å². The van der Waals surface area contributed by atoms with Crippen molar-refractivity contribution in [2.75, 3.05) is 13.2 Å². The van der Waals surface area contributed by atoms with Crippen molar-refractivity contribution < 1.29 is 14.6 Å². The van der Waals surface area contributed by atoms with Gasteiger partial charge in [-0.2, -0.15) is 5.26 Å². The van der Waals surface area contributed by atoms with Gasteiger partial charge in [0.1, 0.15) is 11.5 Å². The molecule has 1 rings (SSSR count). The third-order valence-electron chi connectivity index (χ3n) is 1.77. The van der Waals surface area contributed by atoms with Crippen LogP contribution in [0.2, 0.25) is 0 Å². The molecule has 1 aromatic carbocycles. The van der Waals surface area contributed by atoms with Crippen molar-refractivity contribution >= 4 is 5.91 Å². The van der Waals surface area contributed by atoms with Crippen LogP contribution in [0.3, 0.4) is 0 Å². The molecule has 1 aromatic rings. The number of nitrogens with zero attached hydrogens (tertiary/aromatic N) is 1. The number of carbonyl (C=O) groups is 1. The normalized spacial score (nSPS) is 9.19. The Kier molecular flexibility index (Phi) is 4.67. The van der Waals surface area contributed by atoms with Crippen LogP contribution in [0.25, 0.3) is 0 Å². The first kappa shape index (κ1) is 11.9. The molecule has 0 aliphatic rings. The molecule has 0 unspecified atom stereocenters. The molecule has 5 nitrogen and oxygen atoms in total. The molecule has 0 saturated carbocycles. The maximum Gasteiger partial charge on any atom is 0.257 e. The van der Waals surface area contributed by atoms with E-state index in [0.29, 0.717) is 12.3 Å². The van der Waals surface area contributed by atoms with Gasteiger partial charge in [-0.15, -0.1) is 0 Å². The van der Waals surface area contributed by atoms with Gasteiger partial charge in [0.15, 0.2) is 6.61 Å². The monoisotopic (exact) mass is 220 g/mol. The number of aromatic hydroxyl groups is 1. The molecule has 0 heterocycles. The van der Waals surface area contributed by atoms with Gasteiger partial charge in [0.25, 0.3) is 5.91 Å². The summed E-state index contributed by atoms with van der Waals surface area (Å²) in [6, 6.07) is 8.00. The highest BCUT2D eigenvalue weighted by molar-refractivity contribution is 5.77. The standard InChI is InChI=1S/C11H12N2O3/c12-6-1-7-13-11(15)8-16-10-4-2-9(14)3-5-10/h2-5,14H,1,7-8H2,(H,13,15). The summed E-state index contributed by atoms with van der Waals surface area (Å²) in [7, 11) is 0. The Morgan fingerprint density at radius 3 is 2.75 bits per heavy atom. The van der Waals surface area contributed by atoms with E-state index in [-0.39, 0.29) is 24.7 Å². The number of nitriles is 1. The fraction of sp³-hybridized carbons (Fsp3) is 0.273. The lowest BCUT2D eigenvalue weighted by atomic mass is 10.3. The van der Waals surface area contributed by atoms with E-state index in [9.17, 15) is 4.79 Å². The summed E-state index contributed by atoms with van der Waals surface area (Å²) in [5, 5.41) is 19.8. The molecule has 0 radical (unpaired) electrons. The van der Waals surface area contributed by atoms with E-state index >= 15 is 0 Å². The van der Waals surface area contributed by atoms with Crippen molar-refractivity contribution in [1.82, 2.24) is 5.32 Å². The van der Waals surface area contributed by atoms with E-state index in [1.54, 1.807) is 12.1 Å². The summed E-state index contributed by atoms with van der Waals surface area (Å²) >= 11 is 0. The Balaban J connectivity index is 2.26. The predicted octanol–water partition coefficient (Wildman–Crippen LogP) is 0.801. The first-order valence-electron chi connectivity index (χ1n) is 4.78. The number of carbonyl (C=O) groups excluding carboxylic acids is 1. The average Bonchev–Trinajstić information content (AvgIpc) is 2.29. The Morgan fingerprint density at radius 2 is 2.12 bits per heavy atom. The zero-order valence-electron chi connectivity index (χ0n) is 8.64. The van der Waals surface area contributed by atoms with Crippen molar-refractivity contribution in [3.8, 4) is 17.6 Å². The Bertz CT molecular complexity index is 381. The van der Waals surface area contributed by atoms with Crippen LogP contribution in [0.15, 0.2) is 24.3 Å². The highest BCUT2D eigenvalue weighted by Crippen LogP contribution is 2.15. The van der Waals surface area contributed by atoms with E-state index in [0.717, 1.165) is 0 Å². The van der Waals surface area contributed by atoms with Gasteiger partial charge in [0.05, 0.1) is 12.5 Å². The fourth-order valence-electron chi connectivity index (χ4n) is 1.00. The Labute approximate surface area is 93.3 Å². The van der Waals surface area contributed by atoms with Crippen LogP contribution in [0.1, 0.15) is 6.42 Å². The number of amides is 1. The molecular formula is C11H12N2O3. The van der Waals surface area contributed by atoms with E-state index in [1.807, 2.05) is 6.07 Å². The molecule has 84 valence electrons. The zero-order chi connectivity index (χ0) is 11.8. The fourth-order valence-corrected chi connectivity index (χ4v) is 1.00. The SMILES string of the molecule is N#CCCNC(=O)COc1ccc(O)cc1. The second-order valence-electron chi connectivity index (χ2n) is 3.04. The molecule has 1 amide bonds. The lowest BCUT2D eigenvalue weighted by Crippen LogP contribution is -2.29. The van der Waals surface area contributed by atoms with E-state index in [2.05, 4.69) is 5.32 Å². The molecular weight excluding hydrogens is 208 g/mol. The molecule has 0 aromatic heterocycles. The number of ether oxygens (including phenoxy) is 1. The summed E-state index contributed by atoms with van der Waals surface area (Å²) in [4.78, 5) is 11.2. The molecule has 0 spiro atoms. The van der Waals surface area contributed by atoms with Gasteiger partial charge in [0.2, 0.25) is 0 Å².